The number of aromatic nitrogens is 1. The highest BCUT2D eigenvalue weighted by Crippen LogP contribution is 2.29. The molecule has 0 radical (unpaired) electrons. The SMILES string of the molecule is CCOc1oc(-c2cc(F)ccc2F)nc1C(=O)O. The van der Waals surface area contributed by atoms with E-state index in [-0.39, 0.29) is 24.0 Å². The molecule has 0 saturated heterocycles. The van der Waals surface area contributed by atoms with Crippen LogP contribution in [0.5, 0.6) is 5.95 Å². The van der Waals surface area contributed by atoms with E-state index in [0.29, 0.717) is 0 Å². The van der Waals surface area contributed by atoms with Gasteiger partial charge in [0.1, 0.15) is 11.6 Å². The van der Waals surface area contributed by atoms with E-state index < -0.39 is 23.3 Å². The molecule has 0 amide bonds. The molecule has 2 aromatic rings. The van der Waals surface area contributed by atoms with Crippen molar-refractivity contribution in [3.63, 3.8) is 0 Å². The number of hydrogen-bond donors (Lipinski definition) is 1. The lowest BCUT2D eigenvalue weighted by Crippen LogP contribution is -2.01. The highest BCUT2D eigenvalue weighted by Gasteiger charge is 2.23. The molecule has 1 heterocycles. The van der Waals surface area contributed by atoms with Gasteiger partial charge in [0.15, 0.2) is 0 Å². The molecule has 5 nitrogen and oxygen atoms in total. The van der Waals surface area contributed by atoms with Gasteiger partial charge in [-0.05, 0) is 25.1 Å². The topological polar surface area (TPSA) is 72.6 Å². The number of aromatic carboxylic acids is 1. The fourth-order valence-electron chi connectivity index (χ4n) is 1.45. The van der Waals surface area contributed by atoms with Crippen LogP contribution in [-0.4, -0.2) is 22.7 Å². The van der Waals surface area contributed by atoms with Crippen molar-refractivity contribution >= 4 is 5.97 Å². The second-order valence-electron chi connectivity index (χ2n) is 3.52. The quantitative estimate of drug-likeness (QED) is 0.923. The highest BCUT2D eigenvalue weighted by molar-refractivity contribution is 5.88. The third kappa shape index (κ3) is 2.54. The minimum atomic E-state index is -1.38. The van der Waals surface area contributed by atoms with Crippen LogP contribution in [-0.2, 0) is 0 Å². The van der Waals surface area contributed by atoms with Crippen LogP contribution >= 0.6 is 0 Å². The summed E-state index contributed by atoms with van der Waals surface area (Å²) < 4.78 is 36.6. The normalized spacial score (nSPS) is 10.5. The summed E-state index contributed by atoms with van der Waals surface area (Å²) in [5.41, 5.74) is -0.756. The predicted octanol–water partition coefficient (Wildman–Crippen LogP) is 2.72. The molecular formula is C12H9F2NO4. The molecule has 0 fully saturated rings. The summed E-state index contributed by atoms with van der Waals surface area (Å²) in [5, 5.41) is 8.91. The zero-order valence-electron chi connectivity index (χ0n) is 9.81. The Hall–Kier alpha value is -2.44. The number of hydrogen-bond acceptors (Lipinski definition) is 4. The standard InChI is InChI=1S/C12H9F2NO4/c1-2-18-12-9(11(16)17)15-10(19-12)7-5-6(13)3-4-8(7)14/h3-5H,2H2,1H3,(H,16,17). The van der Waals surface area contributed by atoms with Crippen LogP contribution in [0.2, 0.25) is 0 Å². The number of benzene rings is 1. The maximum atomic E-state index is 13.5. The maximum Gasteiger partial charge on any atom is 0.362 e. The van der Waals surface area contributed by atoms with Gasteiger partial charge in [-0.3, -0.25) is 0 Å². The largest absolute Gasteiger partial charge is 0.476 e. The monoisotopic (exact) mass is 269 g/mol. The molecule has 1 aromatic carbocycles. The molecule has 0 spiro atoms. The van der Waals surface area contributed by atoms with Gasteiger partial charge in [-0.15, -0.1) is 0 Å². The van der Waals surface area contributed by atoms with Crippen molar-refractivity contribution < 1.29 is 27.8 Å². The predicted molar refractivity (Wildman–Crippen MR) is 60.0 cm³/mol. The number of ether oxygens (including phenoxy) is 1. The fourth-order valence-corrected chi connectivity index (χ4v) is 1.45. The van der Waals surface area contributed by atoms with Crippen molar-refractivity contribution in [3.8, 4) is 17.4 Å². The first-order valence-electron chi connectivity index (χ1n) is 5.35. The van der Waals surface area contributed by atoms with Crippen LogP contribution in [0.3, 0.4) is 0 Å². The Morgan fingerprint density at radius 2 is 2.21 bits per heavy atom. The summed E-state index contributed by atoms with van der Waals surface area (Å²) in [5.74, 6) is -3.53. The lowest BCUT2D eigenvalue weighted by Gasteiger charge is -1.98. The molecule has 0 atom stereocenters. The molecule has 19 heavy (non-hydrogen) atoms. The zero-order valence-corrected chi connectivity index (χ0v) is 9.81. The smallest absolute Gasteiger partial charge is 0.362 e. The van der Waals surface area contributed by atoms with Gasteiger partial charge >= 0.3 is 11.9 Å². The average Bonchev–Trinajstić information content (AvgIpc) is 2.77. The van der Waals surface area contributed by atoms with Crippen molar-refractivity contribution in [3.05, 3.63) is 35.5 Å². The lowest BCUT2D eigenvalue weighted by molar-refractivity contribution is 0.0683. The van der Waals surface area contributed by atoms with Crippen molar-refractivity contribution in [2.45, 2.75) is 6.92 Å². The van der Waals surface area contributed by atoms with Crippen LogP contribution in [0.1, 0.15) is 17.4 Å². The minimum absolute atomic E-state index is 0.153. The zero-order chi connectivity index (χ0) is 14.0. The van der Waals surface area contributed by atoms with Gasteiger partial charge in [-0.1, -0.05) is 0 Å². The molecule has 7 heteroatoms. The van der Waals surface area contributed by atoms with Gasteiger partial charge in [-0.2, -0.15) is 4.98 Å². The summed E-state index contributed by atoms with van der Waals surface area (Å²) in [6.45, 7) is 1.77. The van der Waals surface area contributed by atoms with Crippen LogP contribution < -0.4 is 4.74 Å². The van der Waals surface area contributed by atoms with E-state index in [4.69, 9.17) is 14.3 Å². The summed E-state index contributed by atoms with van der Waals surface area (Å²) in [6, 6.07) is 2.70. The highest BCUT2D eigenvalue weighted by atomic mass is 19.1. The molecule has 1 aromatic heterocycles. The third-order valence-corrected chi connectivity index (χ3v) is 2.23. The Labute approximate surface area is 106 Å². The second kappa shape index (κ2) is 5.05. The van der Waals surface area contributed by atoms with Gasteiger partial charge < -0.3 is 14.3 Å². The van der Waals surface area contributed by atoms with E-state index in [0.717, 1.165) is 18.2 Å². The fraction of sp³-hybridized carbons (Fsp3) is 0.167. The van der Waals surface area contributed by atoms with Crippen LogP contribution in [0.4, 0.5) is 8.78 Å². The van der Waals surface area contributed by atoms with Gasteiger partial charge in [0, 0.05) is 0 Å². The van der Waals surface area contributed by atoms with Gasteiger partial charge in [0.05, 0.1) is 12.2 Å². The lowest BCUT2D eigenvalue weighted by atomic mass is 10.2. The number of nitrogens with zero attached hydrogens (tertiary/aromatic N) is 1. The number of carboxylic acid groups (broad SMARTS) is 1. The molecule has 0 saturated carbocycles. The first-order chi connectivity index (χ1) is 9.02. The van der Waals surface area contributed by atoms with Gasteiger partial charge in [0.25, 0.3) is 0 Å². The minimum Gasteiger partial charge on any atom is -0.476 e. The first-order valence-corrected chi connectivity index (χ1v) is 5.35. The van der Waals surface area contributed by atoms with E-state index in [1.807, 2.05) is 0 Å². The number of carbonyl (C=O) groups is 1. The Balaban J connectivity index is 2.53. The summed E-state index contributed by atoms with van der Waals surface area (Å²) in [7, 11) is 0. The van der Waals surface area contributed by atoms with Crippen LogP contribution in [0.25, 0.3) is 11.5 Å². The van der Waals surface area contributed by atoms with Gasteiger partial charge in [0.2, 0.25) is 11.6 Å². The van der Waals surface area contributed by atoms with E-state index in [2.05, 4.69) is 4.98 Å². The summed E-state index contributed by atoms with van der Waals surface area (Å²) >= 11 is 0. The van der Waals surface area contributed by atoms with E-state index in [1.165, 1.54) is 0 Å². The molecule has 0 unspecified atom stereocenters. The Morgan fingerprint density at radius 3 is 2.84 bits per heavy atom. The Kier molecular flexibility index (Phi) is 3.46. The van der Waals surface area contributed by atoms with Crippen molar-refractivity contribution in [1.82, 2.24) is 4.98 Å². The molecule has 100 valence electrons. The molecule has 0 aliphatic rings. The molecule has 2 rings (SSSR count). The van der Waals surface area contributed by atoms with Gasteiger partial charge in [-0.25, -0.2) is 13.6 Å². The average molecular weight is 269 g/mol. The number of halogens is 2. The summed E-state index contributed by atoms with van der Waals surface area (Å²) in [4.78, 5) is 14.5. The van der Waals surface area contributed by atoms with Crippen molar-refractivity contribution in [1.29, 1.82) is 0 Å². The summed E-state index contributed by atoms with van der Waals surface area (Å²) in [6.07, 6.45) is 0. The molecule has 0 aliphatic heterocycles. The first kappa shape index (κ1) is 13.0. The van der Waals surface area contributed by atoms with Crippen molar-refractivity contribution in [2.24, 2.45) is 0 Å². The molecule has 1 N–H and O–H groups in total. The van der Waals surface area contributed by atoms with E-state index in [1.54, 1.807) is 6.92 Å². The maximum absolute atomic E-state index is 13.5. The van der Waals surface area contributed by atoms with E-state index in [9.17, 15) is 13.6 Å². The van der Waals surface area contributed by atoms with Crippen LogP contribution in [0, 0.1) is 11.6 Å². The Bertz CT molecular complexity index is 624. The number of oxazole rings is 1. The van der Waals surface area contributed by atoms with Crippen LogP contribution in [0.15, 0.2) is 22.6 Å². The molecule has 0 aliphatic carbocycles. The number of carboxylic acids is 1. The Morgan fingerprint density at radius 1 is 1.47 bits per heavy atom. The number of rotatable bonds is 4. The third-order valence-electron chi connectivity index (χ3n) is 2.23. The van der Waals surface area contributed by atoms with E-state index >= 15 is 0 Å². The second-order valence-corrected chi connectivity index (χ2v) is 3.52. The molecule has 0 bridgehead atoms. The molecular weight excluding hydrogens is 260 g/mol. The van der Waals surface area contributed by atoms with Crippen molar-refractivity contribution in [2.75, 3.05) is 6.61 Å².